The monoisotopic (exact) mass is 320 g/mol. The molecule has 2 fully saturated rings. The normalized spacial score (nSPS) is 24.2. The fraction of sp³-hybridized carbons (Fsp3) is 0.647. The third-order valence-electron chi connectivity index (χ3n) is 5.29. The molecule has 120 valence electrons. The maximum Gasteiger partial charge on any atom is 0.243 e. The van der Waals surface area contributed by atoms with Gasteiger partial charge in [-0.05, 0) is 61.8 Å². The minimum absolute atomic E-state index is 0.494. The van der Waals surface area contributed by atoms with Gasteiger partial charge in [0.15, 0.2) is 0 Å². The SMILES string of the molecule is O=S(=O)(c1ccc2c(c1)CCCC2)N1CCN(C2CC2)CC1. The second-order valence-electron chi connectivity index (χ2n) is 6.81. The van der Waals surface area contributed by atoms with Gasteiger partial charge in [-0.3, -0.25) is 4.90 Å². The molecule has 0 radical (unpaired) electrons. The van der Waals surface area contributed by atoms with Gasteiger partial charge in [-0.25, -0.2) is 8.42 Å². The van der Waals surface area contributed by atoms with Crippen molar-refractivity contribution < 1.29 is 8.42 Å². The summed E-state index contributed by atoms with van der Waals surface area (Å²) in [5.74, 6) is 0. The number of rotatable bonds is 3. The van der Waals surface area contributed by atoms with E-state index in [0.717, 1.165) is 32.0 Å². The summed E-state index contributed by atoms with van der Waals surface area (Å²) in [5.41, 5.74) is 2.58. The van der Waals surface area contributed by atoms with Crippen LogP contribution in [-0.4, -0.2) is 49.8 Å². The molecular formula is C17H24N2O2S. The highest BCUT2D eigenvalue weighted by atomic mass is 32.2. The number of sulfonamides is 1. The fourth-order valence-corrected chi connectivity index (χ4v) is 5.24. The average Bonchev–Trinajstić information content (AvgIpc) is 3.39. The van der Waals surface area contributed by atoms with E-state index in [0.29, 0.717) is 18.0 Å². The average molecular weight is 320 g/mol. The summed E-state index contributed by atoms with van der Waals surface area (Å²) in [7, 11) is -3.32. The zero-order valence-corrected chi connectivity index (χ0v) is 13.8. The Balaban J connectivity index is 1.53. The van der Waals surface area contributed by atoms with E-state index in [9.17, 15) is 8.42 Å². The standard InChI is InChI=1S/C17H24N2O2S/c20-22(21,19-11-9-18(10-12-19)16-6-7-16)17-8-5-14-3-1-2-4-15(14)13-17/h5,8,13,16H,1-4,6-7,9-12H2. The van der Waals surface area contributed by atoms with Gasteiger partial charge in [-0.1, -0.05) is 6.07 Å². The van der Waals surface area contributed by atoms with Crippen molar-refractivity contribution in [3.05, 3.63) is 29.3 Å². The molecule has 4 rings (SSSR count). The highest BCUT2D eigenvalue weighted by Crippen LogP contribution is 2.29. The van der Waals surface area contributed by atoms with Crippen LogP contribution >= 0.6 is 0 Å². The van der Waals surface area contributed by atoms with Gasteiger partial charge in [0.1, 0.15) is 0 Å². The molecule has 1 saturated heterocycles. The van der Waals surface area contributed by atoms with Crippen molar-refractivity contribution in [2.24, 2.45) is 0 Å². The summed E-state index contributed by atoms with van der Waals surface area (Å²) in [6, 6.07) is 6.50. The summed E-state index contributed by atoms with van der Waals surface area (Å²) in [6.07, 6.45) is 7.10. The third kappa shape index (κ3) is 2.70. The molecule has 1 saturated carbocycles. The summed E-state index contributed by atoms with van der Waals surface area (Å²) in [6.45, 7) is 3.04. The topological polar surface area (TPSA) is 40.6 Å². The van der Waals surface area contributed by atoms with Crippen molar-refractivity contribution >= 4 is 10.0 Å². The predicted molar refractivity (Wildman–Crippen MR) is 86.4 cm³/mol. The molecule has 0 bridgehead atoms. The van der Waals surface area contributed by atoms with E-state index in [2.05, 4.69) is 4.90 Å². The van der Waals surface area contributed by atoms with Crippen LogP contribution in [0.5, 0.6) is 0 Å². The van der Waals surface area contributed by atoms with Crippen molar-refractivity contribution in [2.75, 3.05) is 26.2 Å². The molecule has 1 heterocycles. The van der Waals surface area contributed by atoms with E-state index < -0.39 is 10.0 Å². The Morgan fingerprint density at radius 1 is 0.909 bits per heavy atom. The number of hydrogen-bond donors (Lipinski definition) is 0. The van der Waals surface area contributed by atoms with Crippen molar-refractivity contribution in [3.63, 3.8) is 0 Å². The van der Waals surface area contributed by atoms with Crippen LogP contribution in [0.1, 0.15) is 36.8 Å². The van der Waals surface area contributed by atoms with Crippen LogP contribution in [0.25, 0.3) is 0 Å². The quantitative estimate of drug-likeness (QED) is 0.856. The minimum Gasteiger partial charge on any atom is -0.298 e. The molecule has 0 aromatic heterocycles. The lowest BCUT2D eigenvalue weighted by atomic mass is 9.92. The summed E-state index contributed by atoms with van der Waals surface area (Å²) in [5, 5.41) is 0. The van der Waals surface area contributed by atoms with Crippen LogP contribution in [-0.2, 0) is 22.9 Å². The second-order valence-corrected chi connectivity index (χ2v) is 8.75. The van der Waals surface area contributed by atoms with Crippen molar-refractivity contribution in [1.82, 2.24) is 9.21 Å². The van der Waals surface area contributed by atoms with Gasteiger partial charge in [0, 0.05) is 32.2 Å². The first-order valence-electron chi connectivity index (χ1n) is 8.50. The maximum absolute atomic E-state index is 12.9. The van der Waals surface area contributed by atoms with E-state index in [-0.39, 0.29) is 0 Å². The van der Waals surface area contributed by atoms with Gasteiger partial charge in [0.25, 0.3) is 0 Å². The maximum atomic E-state index is 12.9. The molecule has 1 aromatic rings. The third-order valence-corrected chi connectivity index (χ3v) is 7.19. The van der Waals surface area contributed by atoms with Gasteiger partial charge < -0.3 is 0 Å². The van der Waals surface area contributed by atoms with Crippen molar-refractivity contribution in [2.45, 2.75) is 49.5 Å². The Morgan fingerprint density at radius 2 is 1.59 bits per heavy atom. The first-order valence-corrected chi connectivity index (χ1v) is 9.94. The molecule has 0 spiro atoms. The molecule has 1 aromatic carbocycles. The Hall–Kier alpha value is -0.910. The first-order chi connectivity index (χ1) is 10.6. The molecule has 5 heteroatoms. The molecule has 0 unspecified atom stereocenters. The molecule has 3 aliphatic rings. The molecule has 0 amide bonds. The lowest BCUT2D eigenvalue weighted by molar-refractivity contribution is 0.180. The zero-order valence-electron chi connectivity index (χ0n) is 13.0. The fourth-order valence-electron chi connectivity index (χ4n) is 3.77. The Labute approximate surface area is 133 Å². The van der Waals surface area contributed by atoms with E-state index in [1.807, 2.05) is 18.2 Å². The van der Waals surface area contributed by atoms with Crippen molar-refractivity contribution in [1.29, 1.82) is 0 Å². The zero-order chi connectivity index (χ0) is 15.2. The van der Waals surface area contributed by atoms with Crippen LogP contribution in [0.3, 0.4) is 0 Å². The van der Waals surface area contributed by atoms with Crippen LogP contribution in [0.4, 0.5) is 0 Å². The van der Waals surface area contributed by atoms with E-state index >= 15 is 0 Å². The molecular weight excluding hydrogens is 296 g/mol. The number of nitrogens with zero attached hydrogens (tertiary/aromatic N) is 2. The smallest absolute Gasteiger partial charge is 0.243 e. The Morgan fingerprint density at radius 3 is 2.27 bits per heavy atom. The van der Waals surface area contributed by atoms with Crippen molar-refractivity contribution in [3.8, 4) is 0 Å². The number of fused-ring (bicyclic) bond motifs is 1. The minimum atomic E-state index is -3.32. The number of piperazine rings is 1. The molecule has 2 aliphatic carbocycles. The van der Waals surface area contributed by atoms with Crippen LogP contribution in [0, 0.1) is 0 Å². The highest BCUT2D eigenvalue weighted by Gasteiger charge is 2.35. The lowest BCUT2D eigenvalue weighted by Gasteiger charge is -2.34. The van der Waals surface area contributed by atoms with Gasteiger partial charge in [0.2, 0.25) is 10.0 Å². The Bertz CT molecular complexity index is 659. The van der Waals surface area contributed by atoms with Gasteiger partial charge in [-0.15, -0.1) is 0 Å². The van der Waals surface area contributed by atoms with Gasteiger partial charge >= 0.3 is 0 Å². The van der Waals surface area contributed by atoms with E-state index in [1.165, 1.54) is 36.8 Å². The highest BCUT2D eigenvalue weighted by molar-refractivity contribution is 7.89. The van der Waals surface area contributed by atoms with E-state index in [1.54, 1.807) is 4.31 Å². The predicted octanol–water partition coefficient (Wildman–Crippen LogP) is 2.03. The first kappa shape index (κ1) is 14.7. The molecule has 0 atom stereocenters. The molecule has 0 N–H and O–H groups in total. The summed E-state index contributed by atoms with van der Waals surface area (Å²) < 4.78 is 27.4. The number of benzene rings is 1. The second kappa shape index (κ2) is 5.62. The molecule has 1 aliphatic heterocycles. The lowest BCUT2D eigenvalue weighted by Crippen LogP contribution is -2.49. The van der Waals surface area contributed by atoms with Gasteiger partial charge in [0.05, 0.1) is 4.90 Å². The molecule has 22 heavy (non-hydrogen) atoms. The largest absolute Gasteiger partial charge is 0.298 e. The van der Waals surface area contributed by atoms with Crippen LogP contribution < -0.4 is 0 Å². The van der Waals surface area contributed by atoms with Gasteiger partial charge in [-0.2, -0.15) is 4.31 Å². The van der Waals surface area contributed by atoms with Crippen LogP contribution in [0.2, 0.25) is 0 Å². The number of aryl methyl sites for hydroxylation is 2. The summed E-state index contributed by atoms with van der Waals surface area (Å²) >= 11 is 0. The summed E-state index contributed by atoms with van der Waals surface area (Å²) in [4.78, 5) is 2.94. The Kier molecular flexibility index (Phi) is 3.75. The van der Waals surface area contributed by atoms with E-state index in [4.69, 9.17) is 0 Å². The van der Waals surface area contributed by atoms with Crippen LogP contribution in [0.15, 0.2) is 23.1 Å². The molecule has 4 nitrogen and oxygen atoms in total. The number of hydrogen-bond acceptors (Lipinski definition) is 3.